The van der Waals surface area contributed by atoms with Gasteiger partial charge in [0.2, 0.25) is 0 Å². The highest BCUT2D eigenvalue weighted by Gasteiger charge is 2.37. The lowest BCUT2D eigenvalue weighted by Crippen LogP contribution is -2.45. The molecule has 0 saturated carbocycles. The number of rotatable bonds is 8. The summed E-state index contributed by atoms with van der Waals surface area (Å²) in [6.07, 6.45) is 2.75. The van der Waals surface area contributed by atoms with Gasteiger partial charge in [0.05, 0.1) is 30.9 Å². The van der Waals surface area contributed by atoms with Crippen molar-refractivity contribution in [2.75, 3.05) is 50.8 Å². The van der Waals surface area contributed by atoms with Gasteiger partial charge in [0, 0.05) is 74.5 Å². The Balaban J connectivity index is 1.33. The van der Waals surface area contributed by atoms with Crippen molar-refractivity contribution in [2.45, 2.75) is 44.8 Å². The fraction of sp³-hybridized carbons (Fsp3) is 0.500. The summed E-state index contributed by atoms with van der Waals surface area (Å²) in [4.78, 5) is 30.9. The van der Waals surface area contributed by atoms with Crippen LogP contribution in [0.4, 0.5) is 14.6 Å². The van der Waals surface area contributed by atoms with Gasteiger partial charge in [-0.15, -0.1) is 0 Å². The number of amides is 1. The van der Waals surface area contributed by atoms with Crippen molar-refractivity contribution in [3.63, 3.8) is 0 Å². The van der Waals surface area contributed by atoms with Crippen LogP contribution in [0.1, 0.15) is 48.7 Å². The molecular formula is C28H34F2N6O3. The Morgan fingerprint density at radius 2 is 1.79 bits per heavy atom. The van der Waals surface area contributed by atoms with Gasteiger partial charge in [-0.05, 0) is 38.1 Å². The maximum absolute atomic E-state index is 13.9. The number of morpholine rings is 1. The zero-order valence-electron chi connectivity index (χ0n) is 22.3. The number of nitrogens with zero attached hydrogens (tertiary/aromatic N) is 5. The molecule has 5 rings (SSSR count). The van der Waals surface area contributed by atoms with Crippen LogP contribution in [-0.4, -0.2) is 83.7 Å². The molecule has 2 aliphatic heterocycles. The number of likely N-dealkylation sites (tertiary alicyclic amines) is 1. The second kappa shape index (κ2) is 11.7. The van der Waals surface area contributed by atoms with Gasteiger partial charge in [0.25, 0.3) is 11.8 Å². The Morgan fingerprint density at radius 3 is 2.49 bits per heavy atom. The lowest BCUT2D eigenvalue weighted by Gasteiger charge is -2.37. The van der Waals surface area contributed by atoms with Crippen molar-refractivity contribution in [1.82, 2.24) is 25.2 Å². The molecule has 1 unspecified atom stereocenters. The fourth-order valence-corrected chi connectivity index (χ4v) is 4.99. The fourth-order valence-electron chi connectivity index (χ4n) is 4.99. The van der Waals surface area contributed by atoms with E-state index in [2.05, 4.69) is 20.2 Å². The second-order valence-electron chi connectivity index (χ2n) is 10.2. The minimum Gasteiger partial charge on any atom is -0.461 e. The lowest BCUT2D eigenvalue weighted by atomic mass is 10.0. The zero-order valence-corrected chi connectivity index (χ0v) is 22.3. The van der Waals surface area contributed by atoms with E-state index in [9.17, 15) is 13.6 Å². The molecule has 0 radical (unpaired) electrons. The standard InChI is InChI=1S/C28H34F2N6O3/c1-19(2)39-27-32-16-20(17-33-27)24(35-10-8-28(29,30)9-11-35)18-31-26(37)22-4-3-5-23-21(22)6-7-25(34-23)36-12-14-38-15-13-36/h3-7,16-17,19,24H,8-15,18H2,1-2H3,(H,31,37). The summed E-state index contributed by atoms with van der Waals surface area (Å²) in [5, 5.41) is 3.77. The van der Waals surface area contributed by atoms with Crippen molar-refractivity contribution in [3.8, 4) is 6.01 Å². The molecule has 4 heterocycles. The summed E-state index contributed by atoms with van der Waals surface area (Å²) in [6, 6.07) is 9.22. The largest absolute Gasteiger partial charge is 0.461 e. The highest BCUT2D eigenvalue weighted by atomic mass is 19.3. The van der Waals surface area contributed by atoms with E-state index in [0.717, 1.165) is 35.4 Å². The first-order chi connectivity index (χ1) is 18.8. The zero-order chi connectivity index (χ0) is 27.4. The summed E-state index contributed by atoms with van der Waals surface area (Å²) in [5.74, 6) is -2.07. The van der Waals surface area contributed by atoms with Crippen LogP contribution in [0, 0.1) is 0 Å². The van der Waals surface area contributed by atoms with Crippen molar-refractivity contribution in [3.05, 3.63) is 53.9 Å². The summed E-state index contributed by atoms with van der Waals surface area (Å²) in [7, 11) is 0. The number of anilines is 1. The maximum atomic E-state index is 13.9. The van der Waals surface area contributed by atoms with Gasteiger partial charge < -0.3 is 19.7 Å². The third kappa shape index (κ3) is 6.59. The van der Waals surface area contributed by atoms with Crippen LogP contribution in [0.25, 0.3) is 10.9 Å². The van der Waals surface area contributed by atoms with E-state index < -0.39 is 5.92 Å². The number of benzene rings is 1. The first kappa shape index (κ1) is 27.1. The molecule has 2 fully saturated rings. The Morgan fingerprint density at radius 1 is 1.08 bits per heavy atom. The van der Waals surface area contributed by atoms with Crippen LogP contribution >= 0.6 is 0 Å². The van der Waals surface area contributed by atoms with Gasteiger partial charge in [-0.3, -0.25) is 9.69 Å². The SMILES string of the molecule is CC(C)Oc1ncc(C(CNC(=O)c2cccc3nc(N4CCOCC4)ccc23)N2CCC(F)(F)CC2)cn1. The molecule has 1 N–H and O–H groups in total. The summed E-state index contributed by atoms with van der Waals surface area (Å²) < 4.78 is 38.8. The van der Waals surface area contributed by atoms with E-state index in [1.807, 2.05) is 43.0 Å². The van der Waals surface area contributed by atoms with E-state index in [4.69, 9.17) is 14.5 Å². The van der Waals surface area contributed by atoms with Crippen LogP contribution in [0.2, 0.25) is 0 Å². The molecule has 208 valence electrons. The molecule has 39 heavy (non-hydrogen) atoms. The average Bonchev–Trinajstić information content (AvgIpc) is 2.94. The van der Waals surface area contributed by atoms with Gasteiger partial charge >= 0.3 is 6.01 Å². The number of ether oxygens (including phenoxy) is 2. The number of nitrogens with one attached hydrogen (secondary N) is 1. The highest BCUT2D eigenvalue weighted by Crippen LogP contribution is 2.32. The Bertz CT molecular complexity index is 1270. The highest BCUT2D eigenvalue weighted by molar-refractivity contribution is 6.06. The van der Waals surface area contributed by atoms with Crippen LogP contribution in [0.15, 0.2) is 42.7 Å². The number of fused-ring (bicyclic) bond motifs is 1. The number of aromatic nitrogens is 3. The minimum atomic E-state index is -2.67. The number of carbonyl (C=O) groups excluding carboxylic acids is 1. The predicted octanol–water partition coefficient (Wildman–Crippen LogP) is 3.85. The Hall–Kier alpha value is -3.44. The average molecular weight is 541 g/mol. The van der Waals surface area contributed by atoms with E-state index in [-0.39, 0.29) is 56.5 Å². The molecule has 2 saturated heterocycles. The lowest BCUT2D eigenvalue weighted by molar-refractivity contribution is -0.0632. The van der Waals surface area contributed by atoms with E-state index in [1.165, 1.54) is 0 Å². The quantitative estimate of drug-likeness (QED) is 0.461. The predicted molar refractivity (Wildman–Crippen MR) is 143 cm³/mol. The molecule has 0 bridgehead atoms. The van der Waals surface area contributed by atoms with Crippen LogP contribution < -0.4 is 15.0 Å². The summed E-state index contributed by atoms with van der Waals surface area (Å²) in [5.41, 5.74) is 1.97. The topological polar surface area (TPSA) is 92.7 Å². The first-order valence-corrected chi connectivity index (χ1v) is 13.4. The molecule has 11 heteroatoms. The van der Waals surface area contributed by atoms with E-state index >= 15 is 0 Å². The molecule has 2 aromatic heterocycles. The Labute approximate surface area is 226 Å². The van der Waals surface area contributed by atoms with Crippen LogP contribution in [0.5, 0.6) is 6.01 Å². The monoisotopic (exact) mass is 540 g/mol. The number of hydrogen-bond acceptors (Lipinski definition) is 8. The van der Waals surface area contributed by atoms with Gasteiger partial charge in [0.1, 0.15) is 5.82 Å². The number of pyridine rings is 1. The molecule has 1 amide bonds. The molecule has 0 aliphatic carbocycles. The number of piperidine rings is 1. The first-order valence-electron chi connectivity index (χ1n) is 13.4. The Kier molecular flexibility index (Phi) is 8.18. The van der Waals surface area contributed by atoms with Crippen molar-refractivity contribution < 1.29 is 23.0 Å². The second-order valence-corrected chi connectivity index (χ2v) is 10.2. The molecule has 9 nitrogen and oxygen atoms in total. The molecule has 3 aromatic rings. The number of hydrogen-bond donors (Lipinski definition) is 1. The van der Waals surface area contributed by atoms with Crippen molar-refractivity contribution in [2.24, 2.45) is 0 Å². The van der Waals surface area contributed by atoms with Crippen molar-refractivity contribution >= 4 is 22.6 Å². The summed E-state index contributed by atoms with van der Waals surface area (Å²) >= 11 is 0. The van der Waals surface area contributed by atoms with Gasteiger partial charge in [-0.2, -0.15) is 0 Å². The normalized spacial score (nSPS) is 18.7. The molecule has 1 aromatic carbocycles. The minimum absolute atomic E-state index is 0.0737. The smallest absolute Gasteiger partial charge is 0.316 e. The summed E-state index contributed by atoms with van der Waals surface area (Å²) in [6.45, 7) is 7.28. The third-order valence-electron chi connectivity index (χ3n) is 7.10. The molecule has 1 atom stereocenters. The number of halogens is 2. The van der Waals surface area contributed by atoms with Gasteiger partial charge in [-0.1, -0.05) is 6.07 Å². The van der Waals surface area contributed by atoms with E-state index in [0.29, 0.717) is 18.8 Å². The van der Waals surface area contributed by atoms with Crippen LogP contribution in [0.3, 0.4) is 0 Å². The van der Waals surface area contributed by atoms with Gasteiger partial charge in [-0.25, -0.2) is 23.7 Å². The number of carbonyl (C=O) groups is 1. The number of alkyl halides is 2. The van der Waals surface area contributed by atoms with Crippen molar-refractivity contribution in [1.29, 1.82) is 0 Å². The van der Waals surface area contributed by atoms with E-state index in [1.54, 1.807) is 18.5 Å². The van der Waals surface area contributed by atoms with Crippen LogP contribution in [-0.2, 0) is 4.74 Å². The van der Waals surface area contributed by atoms with Gasteiger partial charge in [0.15, 0.2) is 0 Å². The third-order valence-corrected chi connectivity index (χ3v) is 7.10. The molecule has 0 spiro atoms. The maximum Gasteiger partial charge on any atom is 0.316 e. The molecular weight excluding hydrogens is 506 g/mol. The molecule has 2 aliphatic rings.